The van der Waals surface area contributed by atoms with Crippen molar-refractivity contribution in [2.75, 3.05) is 18.5 Å². The molecule has 1 fully saturated rings. The van der Waals surface area contributed by atoms with Gasteiger partial charge in [0, 0.05) is 6.61 Å². The second-order valence-corrected chi connectivity index (χ2v) is 4.51. The molecule has 2 heterocycles. The zero-order valence-electron chi connectivity index (χ0n) is 10.5. The summed E-state index contributed by atoms with van der Waals surface area (Å²) >= 11 is 5.84. The van der Waals surface area contributed by atoms with E-state index in [1.54, 1.807) is 0 Å². The number of nitrogens with zero attached hydrogens (tertiary/aromatic N) is 3. The van der Waals surface area contributed by atoms with Crippen molar-refractivity contribution < 1.29 is 9.47 Å². The first-order valence-corrected chi connectivity index (χ1v) is 6.49. The quantitative estimate of drug-likeness (QED) is 0.883. The van der Waals surface area contributed by atoms with Crippen LogP contribution in [-0.2, 0) is 4.74 Å². The second kappa shape index (κ2) is 6.15. The molecule has 0 aromatic carbocycles. The summed E-state index contributed by atoms with van der Waals surface area (Å²) in [6, 6.07) is 0.452. The number of nitrogens with one attached hydrogen (secondary N) is 1. The number of halogens is 1. The lowest BCUT2D eigenvalue weighted by molar-refractivity contribution is 0.121. The highest BCUT2D eigenvalue weighted by atomic mass is 35.5. The Morgan fingerprint density at radius 3 is 2.94 bits per heavy atom. The first kappa shape index (κ1) is 13.3. The van der Waals surface area contributed by atoms with Crippen LogP contribution in [0.5, 0.6) is 6.01 Å². The van der Waals surface area contributed by atoms with Crippen LogP contribution < -0.4 is 10.1 Å². The zero-order valence-corrected chi connectivity index (χ0v) is 11.3. The lowest BCUT2D eigenvalue weighted by Crippen LogP contribution is -2.27. The fourth-order valence-electron chi connectivity index (χ4n) is 1.74. The van der Waals surface area contributed by atoms with Crippen molar-refractivity contribution in [3.63, 3.8) is 0 Å². The molecular formula is C11H17ClN4O2. The summed E-state index contributed by atoms with van der Waals surface area (Å²) in [4.78, 5) is 12.1. The zero-order chi connectivity index (χ0) is 13.0. The van der Waals surface area contributed by atoms with Crippen molar-refractivity contribution in [2.45, 2.75) is 38.8 Å². The van der Waals surface area contributed by atoms with E-state index in [4.69, 9.17) is 21.1 Å². The molecule has 0 bridgehead atoms. The van der Waals surface area contributed by atoms with Gasteiger partial charge >= 0.3 is 6.01 Å². The van der Waals surface area contributed by atoms with Crippen LogP contribution in [0.3, 0.4) is 0 Å². The molecule has 7 heteroatoms. The molecule has 2 unspecified atom stereocenters. The number of rotatable bonds is 5. The molecule has 1 aromatic heterocycles. The predicted octanol–water partition coefficient (Wildman–Crippen LogP) is 1.90. The minimum absolute atomic E-state index is 0.130. The average Bonchev–Trinajstić information content (AvgIpc) is 2.72. The highest BCUT2D eigenvalue weighted by molar-refractivity contribution is 6.28. The minimum atomic E-state index is 0.130. The van der Waals surface area contributed by atoms with Crippen LogP contribution in [0.25, 0.3) is 0 Å². The van der Waals surface area contributed by atoms with Crippen LogP contribution in [0.4, 0.5) is 5.95 Å². The number of hydrogen-bond acceptors (Lipinski definition) is 6. The number of hydrogen-bond donors (Lipinski definition) is 1. The van der Waals surface area contributed by atoms with Gasteiger partial charge in [-0.2, -0.15) is 15.0 Å². The maximum Gasteiger partial charge on any atom is 0.322 e. The fraction of sp³-hybridized carbons (Fsp3) is 0.727. The van der Waals surface area contributed by atoms with Gasteiger partial charge in [-0.1, -0.05) is 6.92 Å². The van der Waals surface area contributed by atoms with Gasteiger partial charge in [-0.25, -0.2) is 0 Å². The summed E-state index contributed by atoms with van der Waals surface area (Å²) in [5.74, 6) is 0.434. The molecule has 0 aliphatic carbocycles. The van der Waals surface area contributed by atoms with Gasteiger partial charge in [-0.15, -0.1) is 0 Å². The topological polar surface area (TPSA) is 69.2 Å². The third kappa shape index (κ3) is 3.43. The molecule has 1 aromatic rings. The predicted molar refractivity (Wildman–Crippen MR) is 68.1 cm³/mol. The van der Waals surface area contributed by atoms with E-state index in [0.717, 1.165) is 19.4 Å². The Morgan fingerprint density at radius 1 is 1.44 bits per heavy atom. The first-order chi connectivity index (χ1) is 8.69. The lowest BCUT2D eigenvalue weighted by atomic mass is 10.2. The minimum Gasteiger partial charge on any atom is -0.463 e. The van der Waals surface area contributed by atoms with E-state index >= 15 is 0 Å². The van der Waals surface area contributed by atoms with Gasteiger partial charge in [0.1, 0.15) is 0 Å². The van der Waals surface area contributed by atoms with E-state index in [9.17, 15) is 0 Å². The molecule has 0 spiro atoms. The van der Waals surface area contributed by atoms with E-state index in [-0.39, 0.29) is 23.4 Å². The van der Waals surface area contributed by atoms with E-state index in [2.05, 4.69) is 20.3 Å². The Kier molecular flexibility index (Phi) is 4.54. The van der Waals surface area contributed by atoms with Gasteiger partial charge in [-0.3, -0.25) is 0 Å². The number of anilines is 1. The highest BCUT2D eigenvalue weighted by Gasteiger charge is 2.25. The van der Waals surface area contributed by atoms with E-state index in [1.165, 1.54) is 0 Å². The molecule has 100 valence electrons. The van der Waals surface area contributed by atoms with Crippen LogP contribution in [-0.4, -0.2) is 40.3 Å². The number of aromatic nitrogens is 3. The SMILES string of the molecule is CCCOc1nc(Cl)nc(NC2CCOC2C)n1. The third-order valence-corrected chi connectivity index (χ3v) is 2.88. The van der Waals surface area contributed by atoms with Gasteiger partial charge < -0.3 is 14.8 Å². The van der Waals surface area contributed by atoms with Crippen LogP contribution in [0.1, 0.15) is 26.7 Å². The molecule has 0 saturated carbocycles. The smallest absolute Gasteiger partial charge is 0.322 e. The van der Waals surface area contributed by atoms with Crippen molar-refractivity contribution in [1.82, 2.24) is 15.0 Å². The van der Waals surface area contributed by atoms with Crippen molar-refractivity contribution in [2.24, 2.45) is 0 Å². The molecule has 18 heavy (non-hydrogen) atoms. The Hall–Kier alpha value is -1.14. The third-order valence-electron chi connectivity index (χ3n) is 2.71. The monoisotopic (exact) mass is 272 g/mol. The molecule has 1 N–H and O–H groups in total. The lowest BCUT2D eigenvalue weighted by Gasteiger charge is -2.16. The van der Waals surface area contributed by atoms with Gasteiger partial charge in [0.05, 0.1) is 18.8 Å². The van der Waals surface area contributed by atoms with Gasteiger partial charge in [0.25, 0.3) is 0 Å². The fourth-order valence-corrected chi connectivity index (χ4v) is 1.89. The van der Waals surface area contributed by atoms with Crippen molar-refractivity contribution in [3.05, 3.63) is 5.28 Å². The second-order valence-electron chi connectivity index (χ2n) is 4.17. The van der Waals surface area contributed by atoms with E-state index < -0.39 is 0 Å². The summed E-state index contributed by atoms with van der Waals surface area (Å²) in [5.41, 5.74) is 0. The molecule has 0 amide bonds. The Bertz CT molecular complexity index is 405. The molecule has 0 radical (unpaired) electrons. The summed E-state index contributed by atoms with van der Waals surface area (Å²) in [6.07, 6.45) is 1.95. The summed E-state index contributed by atoms with van der Waals surface area (Å²) in [7, 11) is 0. The van der Waals surface area contributed by atoms with Crippen molar-refractivity contribution >= 4 is 17.5 Å². The molecule has 2 rings (SSSR count). The molecule has 1 saturated heterocycles. The van der Waals surface area contributed by atoms with Crippen molar-refractivity contribution in [3.8, 4) is 6.01 Å². The Labute approximate surface area is 111 Å². The van der Waals surface area contributed by atoms with Crippen LogP contribution in [0.2, 0.25) is 5.28 Å². The molecular weight excluding hydrogens is 256 g/mol. The van der Waals surface area contributed by atoms with Gasteiger partial charge in [0.2, 0.25) is 11.2 Å². The highest BCUT2D eigenvalue weighted by Crippen LogP contribution is 2.18. The first-order valence-electron chi connectivity index (χ1n) is 6.11. The Balaban J connectivity index is 2.05. The van der Waals surface area contributed by atoms with Crippen molar-refractivity contribution in [1.29, 1.82) is 0 Å². The standard InChI is InChI=1S/C11H17ClN4O2/c1-3-5-18-11-15-9(12)14-10(16-11)13-8-4-6-17-7(8)2/h7-8H,3-6H2,1-2H3,(H,13,14,15,16). The Morgan fingerprint density at radius 2 is 2.28 bits per heavy atom. The summed E-state index contributed by atoms with van der Waals surface area (Å²) in [5, 5.41) is 3.33. The maximum atomic E-state index is 5.84. The largest absolute Gasteiger partial charge is 0.463 e. The number of ether oxygens (including phenoxy) is 2. The summed E-state index contributed by atoms with van der Waals surface area (Å²) < 4.78 is 10.8. The van der Waals surface area contributed by atoms with Gasteiger partial charge in [0.15, 0.2) is 0 Å². The van der Waals surface area contributed by atoms with Gasteiger partial charge in [-0.05, 0) is 31.4 Å². The molecule has 6 nitrogen and oxygen atoms in total. The summed E-state index contributed by atoms with van der Waals surface area (Å²) in [6.45, 7) is 5.33. The molecule has 1 aliphatic heterocycles. The average molecular weight is 273 g/mol. The van der Waals surface area contributed by atoms with E-state index in [0.29, 0.717) is 12.6 Å². The van der Waals surface area contributed by atoms with E-state index in [1.807, 2.05) is 13.8 Å². The van der Waals surface area contributed by atoms with Crippen LogP contribution in [0, 0.1) is 0 Å². The molecule has 1 aliphatic rings. The van der Waals surface area contributed by atoms with Crippen LogP contribution in [0.15, 0.2) is 0 Å². The maximum absolute atomic E-state index is 5.84. The molecule has 2 atom stereocenters. The van der Waals surface area contributed by atoms with Crippen LogP contribution >= 0.6 is 11.6 Å². The normalized spacial score (nSPS) is 23.1.